The highest BCUT2D eigenvalue weighted by atomic mass is 16.5. The van der Waals surface area contributed by atoms with Crippen molar-refractivity contribution in [2.75, 3.05) is 13.2 Å². The second-order valence-corrected chi connectivity index (χ2v) is 2.45. The van der Waals surface area contributed by atoms with Gasteiger partial charge in [-0.15, -0.1) is 0 Å². The number of hydrogen-bond donors (Lipinski definition) is 2. The maximum absolute atomic E-state index is 9.82. The Labute approximate surface area is 75.5 Å². The Kier molecular flexibility index (Phi) is 3.90. The predicted molar refractivity (Wildman–Crippen MR) is 44.9 cm³/mol. The number of nitrogens with one attached hydrogen (secondary N) is 1. The van der Waals surface area contributed by atoms with Crippen LogP contribution in [0.2, 0.25) is 0 Å². The van der Waals surface area contributed by atoms with Gasteiger partial charge in [-0.1, -0.05) is 0 Å². The molecule has 0 saturated heterocycles. The molecule has 1 aromatic rings. The van der Waals surface area contributed by atoms with E-state index in [9.17, 15) is 4.79 Å². The second-order valence-electron chi connectivity index (χ2n) is 2.45. The van der Waals surface area contributed by atoms with Crippen LogP contribution >= 0.6 is 0 Å². The Bertz CT molecular complexity index is 261. The number of aromatic nitrogens is 3. The molecule has 13 heavy (non-hydrogen) atoms. The van der Waals surface area contributed by atoms with Crippen LogP contribution in [-0.4, -0.2) is 34.8 Å². The van der Waals surface area contributed by atoms with Crippen LogP contribution < -0.4 is 5.73 Å². The summed E-state index contributed by atoms with van der Waals surface area (Å²) in [6, 6.07) is 0. The van der Waals surface area contributed by atoms with Gasteiger partial charge in [0.05, 0.1) is 6.61 Å². The number of carbonyl (C=O) groups excluding carboxylic acids is 1. The van der Waals surface area contributed by atoms with Gasteiger partial charge in [-0.2, -0.15) is 5.10 Å². The number of nitrogens with two attached hydrogens (primary N) is 1. The van der Waals surface area contributed by atoms with Crippen LogP contribution in [0, 0.1) is 0 Å². The summed E-state index contributed by atoms with van der Waals surface area (Å²) in [4.78, 5) is 13.9. The van der Waals surface area contributed by atoms with E-state index in [0.717, 1.165) is 5.82 Å². The zero-order chi connectivity index (χ0) is 9.52. The van der Waals surface area contributed by atoms with Gasteiger partial charge in [0, 0.05) is 12.8 Å². The maximum atomic E-state index is 9.82. The van der Waals surface area contributed by atoms with E-state index < -0.39 is 0 Å². The van der Waals surface area contributed by atoms with Crippen molar-refractivity contribution in [3.05, 3.63) is 11.6 Å². The van der Waals surface area contributed by atoms with Crippen LogP contribution in [0.15, 0.2) is 0 Å². The number of H-pyrrole nitrogens is 1. The third-order valence-corrected chi connectivity index (χ3v) is 1.47. The number of nitrogens with zero attached hydrogens (tertiary/aromatic N) is 2. The number of rotatable bonds is 6. The second kappa shape index (κ2) is 5.26. The molecule has 0 aliphatic carbocycles. The van der Waals surface area contributed by atoms with Crippen molar-refractivity contribution in [3.63, 3.8) is 0 Å². The molecule has 1 rings (SSSR count). The lowest BCUT2D eigenvalue weighted by atomic mass is 10.4. The summed E-state index contributed by atoms with van der Waals surface area (Å²) in [6.45, 7) is 1.26. The predicted octanol–water partition coefficient (Wildman–Crippen LogP) is -0.979. The molecule has 6 heteroatoms. The zero-order valence-corrected chi connectivity index (χ0v) is 7.19. The van der Waals surface area contributed by atoms with E-state index in [4.69, 9.17) is 5.73 Å². The van der Waals surface area contributed by atoms with Gasteiger partial charge in [-0.05, 0) is 6.54 Å². The minimum atomic E-state index is 0.309. The first-order chi connectivity index (χ1) is 6.36. The van der Waals surface area contributed by atoms with Crippen molar-refractivity contribution in [1.82, 2.24) is 15.2 Å². The van der Waals surface area contributed by atoms with Gasteiger partial charge in [0.2, 0.25) is 0 Å². The first kappa shape index (κ1) is 9.66. The van der Waals surface area contributed by atoms with Crippen LogP contribution in [-0.2, 0) is 22.4 Å². The molecule has 0 amide bonds. The maximum Gasteiger partial charge on any atom is 0.293 e. The minimum absolute atomic E-state index is 0.309. The van der Waals surface area contributed by atoms with E-state index in [1.807, 2.05) is 0 Å². The fraction of sp³-hybridized carbons (Fsp3) is 0.571. The van der Waals surface area contributed by atoms with Gasteiger partial charge >= 0.3 is 0 Å². The van der Waals surface area contributed by atoms with Crippen molar-refractivity contribution in [2.24, 2.45) is 5.73 Å². The smallest absolute Gasteiger partial charge is 0.293 e. The SMILES string of the molecule is NCCc1nc(CCOC=O)n[nH]1. The summed E-state index contributed by atoms with van der Waals surface area (Å²) >= 11 is 0. The lowest BCUT2D eigenvalue weighted by Gasteiger charge is -1.92. The highest BCUT2D eigenvalue weighted by Crippen LogP contribution is 1.94. The van der Waals surface area contributed by atoms with Crippen LogP contribution in [0.3, 0.4) is 0 Å². The van der Waals surface area contributed by atoms with E-state index in [0.29, 0.717) is 38.3 Å². The highest BCUT2D eigenvalue weighted by Gasteiger charge is 2.01. The van der Waals surface area contributed by atoms with E-state index in [2.05, 4.69) is 19.9 Å². The van der Waals surface area contributed by atoms with Crippen molar-refractivity contribution < 1.29 is 9.53 Å². The summed E-state index contributed by atoms with van der Waals surface area (Å²) in [5.41, 5.74) is 5.33. The Morgan fingerprint density at radius 3 is 3.08 bits per heavy atom. The monoisotopic (exact) mass is 184 g/mol. The molecule has 0 atom stereocenters. The Hall–Kier alpha value is -1.43. The topological polar surface area (TPSA) is 93.9 Å². The summed E-state index contributed by atoms with van der Waals surface area (Å²) in [7, 11) is 0. The molecule has 0 unspecified atom stereocenters. The van der Waals surface area contributed by atoms with Gasteiger partial charge in [0.15, 0.2) is 5.82 Å². The highest BCUT2D eigenvalue weighted by molar-refractivity contribution is 5.36. The first-order valence-corrected chi connectivity index (χ1v) is 4.02. The van der Waals surface area contributed by atoms with Crippen LogP contribution in [0.5, 0.6) is 0 Å². The molecule has 0 radical (unpaired) electrons. The van der Waals surface area contributed by atoms with Crippen LogP contribution in [0.25, 0.3) is 0 Å². The molecule has 1 aromatic heterocycles. The quantitative estimate of drug-likeness (QED) is 0.438. The third-order valence-electron chi connectivity index (χ3n) is 1.47. The number of carbonyl (C=O) groups is 1. The van der Waals surface area contributed by atoms with Crippen molar-refractivity contribution in [2.45, 2.75) is 12.8 Å². The fourth-order valence-electron chi connectivity index (χ4n) is 0.893. The average molecular weight is 184 g/mol. The molecule has 1 heterocycles. The molecule has 72 valence electrons. The van der Waals surface area contributed by atoms with Gasteiger partial charge in [0.25, 0.3) is 6.47 Å². The number of aromatic amines is 1. The van der Waals surface area contributed by atoms with Crippen LogP contribution in [0.4, 0.5) is 0 Å². The van der Waals surface area contributed by atoms with Gasteiger partial charge < -0.3 is 10.5 Å². The molecule has 0 fully saturated rings. The van der Waals surface area contributed by atoms with Crippen LogP contribution in [0.1, 0.15) is 11.6 Å². The van der Waals surface area contributed by atoms with Gasteiger partial charge in [0.1, 0.15) is 5.82 Å². The molecule has 0 aromatic carbocycles. The molecule has 0 saturated carbocycles. The minimum Gasteiger partial charge on any atom is -0.467 e. The van der Waals surface area contributed by atoms with E-state index in [-0.39, 0.29) is 0 Å². The largest absolute Gasteiger partial charge is 0.467 e. The number of hydrogen-bond acceptors (Lipinski definition) is 5. The van der Waals surface area contributed by atoms with E-state index >= 15 is 0 Å². The lowest BCUT2D eigenvalue weighted by molar-refractivity contribution is -0.128. The molecule has 0 spiro atoms. The third kappa shape index (κ3) is 3.20. The summed E-state index contributed by atoms with van der Waals surface area (Å²) in [5.74, 6) is 1.41. The normalized spacial score (nSPS) is 9.92. The molecule has 0 aliphatic rings. The van der Waals surface area contributed by atoms with E-state index in [1.54, 1.807) is 0 Å². The van der Waals surface area contributed by atoms with Gasteiger partial charge in [-0.25, -0.2) is 4.98 Å². The average Bonchev–Trinajstić information content (AvgIpc) is 2.54. The molecule has 0 aliphatic heterocycles. The van der Waals surface area contributed by atoms with E-state index in [1.165, 1.54) is 0 Å². The molecule has 0 bridgehead atoms. The molecule has 6 nitrogen and oxygen atoms in total. The van der Waals surface area contributed by atoms with Crippen molar-refractivity contribution in [3.8, 4) is 0 Å². The lowest BCUT2D eigenvalue weighted by Crippen LogP contribution is -2.04. The Morgan fingerprint density at radius 2 is 2.38 bits per heavy atom. The summed E-state index contributed by atoms with van der Waals surface area (Å²) in [5, 5.41) is 6.67. The standard InChI is InChI=1S/C7H12N4O2/c8-3-1-6-9-7(11-10-6)2-4-13-5-12/h5H,1-4,8H2,(H,9,10,11). The summed E-state index contributed by atoms with van der Waals surface area (Å²) in [6.07, 6.45) is 1.21. The van der Waals surface area contributed by atoms with Crippen molar-refractivity contribution >= 4 is 6.47 Å². The summed E-state index contributed by atoms with van der Waals surface area (Å²) < 4.78 is 4.51. The van der Waals surface area contributed by atoms with Crippen molar-refractivity contribution in [1.29, 1.82) is 0 Å². The number of ether oxygens (including phenoxy) is 1. The molecular weight excluding hydrogens is 172 g/mol. The fourth-order valence-corrected chi connectivity index (χ4v) is 0.893. The zero-order valence-electron chi connectivity index (χ0n) is 7.19. The molecular formula is C7H12N4O2. The Balaban J connectivity index is 2.35. The first-order valence-electron chi connectivity index (χ1n) is 4.02. The van der Waals surface area contributed by atoms with Gasteiger partial charge in [-0.3, -0.25) is 9.89 Å². The molecule has 3 N–H and O–H groups in total. The Morgan fingerprint density at radius 1 is 1.54 bits per heavy atom.